The Morgan fingerprint density at radius 2 is 1.81 bits per heavy atom. The number of hydrogen-bond acceptors (Lipinski definition) is 2. The second kappa shape index (κ2) is 7.29. The van der Waals surface area contributed by atoms with Gasteiger partial charge < -0.3 is 10.4 Å². The van der Waals surface area contributed by atoms with Crippen LogP contribution < -0.4 is 5.32 Å². The first-order valence-electron chi connectivity index (χ1n) is 7.08. The van der Waals surface area contributed by atoms with Crippen LogP contribution in [0.5, 0.6) is 0 Å². The van der Waals surface area contributed by atoms with Gasteiger partial charge in [0.25, 0.3) is 0 Å². The molecule has 0 unspecified atom stereocenters. The van der Waals surface area contributed by atoms with Gasteiger partial charge in [-0.1, -0.05) is 39.5 Å². The summed E-state index contributed by atoms with van der Waals surface area (Å²) in [7, 11) is 0. The molecule has 16 heavy (non-hydrogen) atoms. The quantitative estimate of drug-likeness (QED) is 0.625. The first kappa shape index (κ1) is 14.0. The van der Waals surface area contributed by atoms with Crippen molar-refractivity contribution in [1.29, 1.82) is 0 Å². The lowest BCUT2D eigenvalue weighted by molar-refractivity contribution is 0.113. The van der Waals surface area contributed by atoms with Gasteiger partial charge in [-0.3, -0.25) is 0 Å². The Hall–Kier alpha value is -0.0800. The van der Waals surface area contributed by atoms with Gasteiger partial charge in [-0.25, -0.2) is 0 Å². The minimum Gasteiger partial charge on any atom is -0.396 e. The molecule has 1 fully saturated rings. The van der Waals surface area contributed by atoms with E-state index in [4.69, 9.17) is 0 Å². The van der Waals surface area contributed by atoms with Crippen molar-refractivity contribution in [3.05, 3.63) is 0 Å². The van der Waals surface area contributed by atoms with Crippen LogP contribution >= 0.6 is 0 Å². The molecule has 0 atom stereocenters. The molecule has 0 amide bonds. The van der Waals surface area contributed by atoms with Crippen molar-refractivity contribution in [2.45, 2.75) is 58.8 Å². The second-order valence-electron chi connectivity index (χ2n) is 5.48. The van der Waals surface area contributed by atoms with E-state index in [2.05, 4.69) is 19.2 Å². The SMILES string of the molecule is CCC(CC)(CO)CNCCC1CCCC1. The van der Waals surface area contributed by atoms with E-state index in [9.17, 15) is 5.11 Å². The van der Waals surface area contributed by atoms with E-state index in [1.165, 1.54) is 32.1 Å². The predicted molar refractivity (Wildman–Crippen MR) is 69.5 cm³/mol. The lowest BCUT2D eigenvalue weighted by atomic mass is 9.83. The minimum atomic E-state index is 0.121. The Balaban J connectivity index is 2.12. The topological polar surface area (TPSA) is 32.3 Å². The highest BCUT2D eigenvalue weighted by Crippen LogP contribution is 2.27. The number of aliphatic hydroxyl groups excluding tert-OH is 1. The highest BCUT2D eigenvalue weighted by atomic mass is 16.3. The number of aliphatic hydroxyl groups is 1. The first-order valence-corrected chi connectivity index (χ1v) is 7.08. The summed E-state index contributed by atoms with van der Waals surface area (Å²) < 4.78 is 0. The van der Waals surface area contributed by atoms with Crippen LogP contribution in [-0.4, -0.2) is 24.8 Å². The van der Waals surface area contributed by atoms with E-state index in [0.717, 1.165) is 31.8 Å². The monoisotopic (exact) mass is 227 g/mol. The maximum absolute atomic E-state index is 9.45. The molecule has 0 aromatic heterocycles. The molecule has 96 valence electrons. The molecule has 0 aromatic carbocycles. The largest absolute Gasteiger partial charge is 0.396 e. The van der Waals surface area contributed by atoms with Crippen LogP contribution in [0.4, 0.5) is 0 Å². The summed E-state index contributed by atoms with van der Waals surface area (Å²) in [4.78, 5) is 0. The third-order valence-electron chi connectivity index (χ3n) is 4.54. The molecule has 2 heteroatoms. The predicted octanol–water partition coefficient (Wildman–Crippen LogP) is 2.96. The van der Waals surface area contributed by atoms with E-state index in [1.54, 1.807) is 0 Å². The van der Waals surface area contributed by atoms with Crippen LogP contribution in [-0.2, 0) is 0 Å². The maximum atomic E-state index is 9.45. The van der Waals surface area contributed by atoms with Gasteiger partial charge in [-0.2, -0.15) is 0 Å². The van der Waals surface area contributed by atoms with E-state index >= 15 is 0 Å². The number of hydrogen-bond donors (Lipinski definition) is 2. The van der Waals surface area contributed by atoms with Crippen molar-refractivity contribution in [3.63, 3.8) is 0 Å². The Bertz CT molecular complexity index is 163. The Morgan fingerprint density at radius 3 is 2.31 bits per heavy atom. The van der Waals surface area contributed by atoms with Crippen molar-refractivity contribution in [2.75, 3.05) is 19.7 Å². The smallest absolute Gasteiger partial charge is 0.0499 e. The molecule has 0 bridgehead atoms. The highest BCUT2D eigenvalue weighted by Gasteiger charge is 2.24. The molecule has 0 aliphatic heterocycles. The lowest BCUT2D eigenvalue weighted by Gasteiger charge is -2.29. The van der Waals surface area contributed by atoms with Crippen LogP contribution in [0.1, 0.15) is 58.8 Å². The third kappa shape index (κ3) is 4.06. The van der Waals surface area contributed by atoms with Crippen LogP contribution in [0, 0.1) is 11.3 Å². The molecule has 1 rings (SSSR count). The van der Waals surface area contributed by atoms with Crippen molar-refractivity contribution in [3.8, 4) is 0 Å². The average molecular weight is 227 g/mol. The number of rotatable bonds is 8. The molecule has 0 aromatic rings. The lowest BCUT2D eigenvalue weighted by Crippen LogP contribution is -2.37. The first-order chi connectivity index (χ1) is 7.76. The van der Waals surface area contributed by atoms with Crippen molar-refractivity contribution >= 4 is 0 Å². The molecular weight excluding hydrogens is 198 g/mol. The fourth-order valence-corrected chi connectivity index (χ4v) is 2.74. The van der Waals surface area contributed by atoms with Gasteiger partial charge in [-0.05, 0) is 31.7 Å². The molecule has 0 radical (unpaired) electrons. The van der Waals surface area contributed by atoms with Gasteiger partial charge in [0.05, 0.1) is 0 Å². The molecule has 2 nitrogen and oxygen atoms in total. The van der Waals surface area contributed by atoms with Crippen LogP contribution in [0.3, 0.4) is 0 Å². The molecule has 0 spiro atoms. The molecule has 0 heterocycles. The molecule has 1 aliphatic carbocycles. The van der Waals surface area contributed by atoms with Crippen LogP contribution in [0.2, 0.25) is 0 Å². The van der Waals surface area contributed by atoms with Crippen LogP contribution in [0.15, 0.2) is 0 Å². The van der Waals surface area contributed by atoms with Gasteiger partial charge in [0.15, 0.2) is 0 Å². The van der Waals surface area contributed by atoms with E-state index in [-0.39, 0.29) is 5.41 Å². The van der Waals surface area contributed by atoms with E-state index in [0.29, 0.717) is 6.61 Å². The van der Waals surface area contributed by atoms with Gasteiger partial charge in [-0.15, -0.1) is 0 Å². The molecule has 0 saturated heterocycles. The molecule has 1 saturated carbocycles. The summed E-state index contributed by atoms with van der Waals surface area (Å²) in [5.74, 6) is 0.972. The summed E-state index contributed by atoms with van der Waals surface area (Å²) >= 11 is 0. The standard InChI is InChI=1S/C14H29NO/c1-3-14(4-2,12-16)11-15-10-9-13-7-5-6-8-13/h13,15-16H,3-12H2,1-2H3. The second-order valence-corrected chi connectivity index (χ2v) is 5.48. The zero-order valence-electron chi connectivity index (χ0n) is 11.1. The van der Waals surface area contributed by atoms with Gasteiger partial charge >= 0.3 is 0 Å². The van der Waals surface area contributed by atoms with Crippen molar-refractivity contribution < 1.29 is 5.11 Å². The molecular formula is C14H29NO. The van der Waals surface area contributed by atoms with Gasteiger partial charge in [0.2, 0.25) is 0 Å². The average Bonchev–Trinajstić information content (AvgIpc) is 2.83. The highest BCUT2D eigenvalue weighted by molar-refractivity contribution is 4.78. The molecule has 1 aliphatic rings. The normalized spacial score (nSPS) is 18.2. The molecule has 2 N–H and O–H groups in total. The van der Waals surface area contributed by atoms with Crippen molar-refractivity contribution in [1.82, 2.24) is 5.32 Å². The Labute approximate surface area is 101 Å². The zero-order valence-corrected chi connectivity index (χ0v) is 11.1. The summed E-state index contributed by atoms with van der Waals surface area (Å²) in [6.07, 6.45) is 9.22. The van der Waals surface area contributed by atoms with Gasteiger partial charge in [0.1, 0.15) is 0 Å². The Kier molecular flexibility index (Phi) is 6.37. The Morgan fingerprint density at radius 1 is 1.19 bits per heavy atom. The van der Waals surface area contributed by atoms with E-state index < -0.39 is 0 Å². The minimum absolute atomic E-state index is 0.121. The van der Waals surface area contributed by atoms with Gasteiger partial charge in [0, 0.05) is 18.6 Å². The van der Waals surface area contributed by atoms with E-state index in [1.807, 2.05) is 0 Å². The van der Waals surface area contributed by atoms with Crippen LogP contribution in [0.25, 0.3) is 0 Å². The third-order valence-corrected chi connectivity index (χ3v) is 4.54. The zero-order chi connectivity index (χ0) is 11.9. The summed E-state index contributed by atoms with van der Waals surface area (Å²) in [6, 6.07) is 0. The fraction of sp³-hybridized carbons (Fsp3) is 1.00. The fourth-order valence-electron chi connectivity index (χ4n) is 2.74. The summed E-state index contributed by atoms with van der Waals surface area (Å²) in [6.45, 7) is 6.78. The van der Waals surface area contributed by atoms with Crippen molar-refractivity contribution in [2.24, 2.45) is 11.3 Å². The summed E-state index contributed by atoms with van der Waals surface area (Å²) in [5, 5.41) is 13.0. The number of nitrogens with one attached hydrogen (secondary N) is 1. The summed E-state index contributed by atoms with van der Waals surface area (Å²) in [5.41, 5.74) is 0.121. The maximum Gasteiger partial charge on any atom is 0.0499 e.